The van der Waals surface area contributed by atoms with Crippen molar-refractivity contribution in [3.63, 3.8) is 0 Å². The summed E-state index contributed by atoms with van der Waals surface area (Å²) >= 11 is 0. The zero-order valence-electron chi connectivity index (χ0n) is 16.2. The molecule has 2 aromatic rings. The van der Waals surface area contributed by atoms with E-state index in [9.17, 15) is 29.6 Å². The van der Waals surface area contributed by atoms with Crippen molar-refractivity contribution in [2.75, 3.05) is 13.2 Å². The maximum absolute atomic E-state index is 12.0. The molecule has 2 rings (SSSR count). The molecule has 0 aliphatic carbocycles. The minimum Gasteiger partial charge on any atom is -0.394 e. The van der Waals surface area contributed by atoms with Crippen LogP contribution in [0.5, 0.6) is 0 Å². The molecule has 3 unspecified atom stereocenters. The third kappa shape index (κ3) is 5.70. The van der Waals surface area contributed by atoms with E-state index >= 15 is 0 Å². The Bertz CT molecular complexity index is 887. The molecule has 5 N–H and O–H groups in total. The van der Waals surface area contributed by atoms with E-state index in [0.29, 0.717) is 6.42 Å². The highest BCUT2D eigenvalue weighted by Crippen LogP contribution is 2.49. The van der Waals surface area contributed by atoms with E-state index in [0.717, 1.165) is 0 Å². The molecule has 2 heterocycles. The van der Waals surface area contributed by atoms with E-state index in [2.05, 4.69) is 15.0 Å². The molecule has 0 aliphatic rings. The molecule has 164 valence electrons. The van der Waals surface area contributed by atoms with Crippen molar-refractivity contribution in [1.82, 2.24) is 19.5 Å². The standard InChI is InChI=1S/C16H27N4O8P/c1-3-10(28-29(25,26)12(23)4-2)5-6-27-16(11(22)7-21)20-9-19-13-14(20)17-8-18-15(13)24/h8-12,16,21-23H,3-7H2,1-2H3,(H,25,26)(H,17,18,24)/t10?,11-,12?,16-/m1/s1. The summed E-state index contributed by atoms with van der Waals surface area (Å²) in [6.07, 6.45) is 0.00717. The first-order chi connectivity index (χ1) is 13.7. The molecule has 5 atom stereocenters. The van der Waals surface area contributed by atoms with Gasteiger partial charge in [-0.1, -0.05) is 13.8 Å². The number of nitrogens with zero attached hydrogens (tertiary/aromatic N) is 3. The van der Waals surface area contributed by atoms with E-state index in [-0.39, 0.29) is 30.6 Å². The lowest BCUT2D eigenvalue weighted by Gasteiger charge is -2.26. The number of hydrogen-bond acceptors (Lipinski definition) is 9. The molecule has 0 amide bonds. The number of aliphatic hydroxyl groups is 3. The zero-order chi connectivity index (χ0) is 21.6. The molecule has 0 fully saturated rings. The van der Waals surface area contributed by atoms with E-state index < -0.39 is 44.0 Å². The minimum absolute atomic E-state index is 0.00861. The molecule has 0 radical (unpaired) electrons. The normalized spacial score (nSPS) is 18.3. The van der Waals surface area contributed by atoms with E-state index in [1.807, 2.05) is 0 Å². The lowest BCUT2D eigenvalue weighted by molar-refractivity contribution is -0.101. The SMILES string of the molecule is CCC(CCO[C@H]([C@H](O)CO)n1cnc2c(=O)[nH]cnc21)OP(=O)(O)C(O)CC. The Morgan fingerprint density at radius 2 is 2.00 bits per heavy atom. The average molecular weight is 434 g/mol. The summed E-state index contributed by atoms with van der Waals surface area (Å²) in [6.45, 7) is 2.69. The number of imidazole rings is 1. The Kier molecular flexibility index (Phi) is 8.46. The van der Waals surface area contributed by atoms with Gasteiger partial charge in [-0.15, -0.1) is 0 Å². The number of aromatic amines is 1. The molecule has 2 aromatic heterocycles. The largest absolute Gasteiger partial charge is 0.394 e. The van der Waals surface area contributed by atoms with Gasteiger partial charge in [-0.05, 0) is 19.3 Å². The molecular weight excluding hydrogens is 407 g/mol. The predicted molar refractivity (Wildman–Crippen MR) is 102 cm³/mol. The van der Waals surface area contributed by atoms with Crippen molar-refractivity contribution < 1.29 is 34.0 Å². The number of rotatable bonds is 12. The molecule has 0 saturated carbocycles. The van der Waals surface area contributed by atoms with Crippen LogP contribution in [0.1, 0.15) is 39.3 Å². The Morgan fingerprint density at radius 1 is 1.28 bits per heavy atom. The first-order valence-corrected chi connectivity index (χ1v) is 10.9. The van der Waals surface area contributed by atoms with Crippen LogP contribution in [0.25, 0.3) is 11.2 Å². The second-order valence-electron chi connectivity index (χ2n) is 6.44. The lowest BCUT2D eigenvalue weighted by Crippen LogP contribution is -2.30. The number of hydrogen-bond donors (Lipinski definition) is 5. The molecule has 13 heteroatoms. The third-order valence-corrected chi connectivity index (χ3v) is 6.10. The summed E-state index contributed by atoms with van der Waals surface area (Å²) < 4.78 is 24.2. The van der Waals surface area contributed by atoms with Gasteiger partial charge in [0.05, 0.1) is 32.0 Å². The topological polar surface area (TPSA) is 180 Å². The fourth-order valence-corrected chi connectivity index (χ4v) is 3.97. The third-order valence-electron chi connectivity index (χ3n) is 4.38. The molecule has 0 bridgehead atoms. The van der Waals surface area contributed by atoms with Crippen LogP contribution in [0.2, 0.25) is 0 Å². The minimum atomic E-state index is -4.18. The molecule has 0 aliphatic heterocycles. The zero-order valence-corrected chi connectivity index (χ0v) is 17.1. The van der Waals surface area contributed by atoms with Crippen LogP contribution in [0.15, 0.2) is 17.4 Å². The van der Waals surface area contributed by atoms with Crippen molar-refractivity contribution >= 4 is 18.8 Å². The Morgan fingerprint density at radius 3 is 2.62 bits per heavy atom. The van der Waals surface area contributed by atoms with Gasteiger partial charge in [-0.25, -0.2) is 9.97 Å². The Labute approximate surface area is 166 Å². The highest BCUT2D eigenvalue weighted by Gasteiger charge is 2.32. The van der Waals surface area contributed by atoms with Gasteiger partial charge in [-0.2, -0.15) is 0 Å². The second kappa shape index (κ2) is 10.4. The fraction of sp³-hybridized carbons (Fsp3) is 0.688. The first-order valence-electron chi connectivity index (χ1n) is 9.24. The summed E-state index contributed by atoms with van der Waals surface area (Å²) in [5, 5.41) is 29.1. The van der Waals surface area contributed by atoms with Crippen molar-refractivity contribution in [2.24, 2.45) is 0 Å². The van der Waals surface area contributed by atoms with Crippen molar-refractivity contribution in [3.8, 4) is 0 Å². The van der Waals surface area contributed by atoms with Gasteiger partial charge in [-0.3, -0.25) is 13.9 Å². The highest BCUT2D eigenvalue weighted by molar-refractivity contribution is 7.53. The van der Waals surface area contributed by atoms with Gasteiger partial charge in [0, 0.05) is 0 Å². The van der Waals surface area contributed by atoms with Crippen LogP contribution in [0.3, 0.4) is 0 Å². The van der Waals surface area contributed by atoms with Crippen LogP contribution >= 0.6 is 7.60 Å². The van der Waals surface area contributed by atoms with E-state index in [1.54, 1.807) is 13.8 Å². The van der Waals surface area contributed by atoms with Gasteiger partial charge >= 0.3 is 7.60 Å². The predicted octanol–water partition coefficient (Wildman–Crippen LogP) is 0.0871. The van der Waals surface area contributed by atoms with Gasteiger partial charge in [0.1, 0.15) is 6.10 Å². The maximum atomic E-state index is 12.0. The maximum Gasteiger partial charge on any atom is 0.356 e. The Hall–Kier alpha value is -1.66. The van der Waals surface area contributed by atoms with Crippen molar-refractivity contribution in [3.05, 3.63) is 23.0 Å². The van der Waals surface area contributed by atoms with Gasteiger partial charge in [0.15, 0.2) is 23.2 Å². The fourth-order valence-electron chi connectivity index (χ4n) is 2.68. The summed E-state index contributed by atoms with van der Waals surface area (Å²) in [6, 6.07) is 0. The average Bonchev–Trinajstić information content (AvgIpc) is 3.14. The molecule has 12 nitrogen and oxygen atoms in total. The number of fused-ring (bicyclic) bond motifs is 1. The first kappa shape index (κ1) is 23.6. The number of nitrogens with one attached hydrogen (secondary N) is 1. The summed E-state index contributed by atoms with van der Waals surface area (Å²) in [5.41, 5.74) is -0.241. The highest BCUT2D eigenvalue weighted by atomic mass is 31.2. The van der Waals surface area contributed by atoms with E-state index in [4.69, 9.17) is 9.26 Å². The monoisotopic (exact) mass is 434 g/mol. The van der Waals surface area contributed by atoms with Gasteiger partial charge < -0.3 is 34.5 Å². The molecule has 0 aromatic carbocycles. The number of H-pyrrole nitrogens is 1. The van der Waals surface area contributed by atoms with Crippen LogP contribution in [0.4, 0.5) is 0 Å². The second-order valence-corrected chi connectivity index (χ2v) is 8.38. The van der Waals surface area contributed by atoms with E-state index in [1.165, 1.54) is 17.2 Å². The quantitative estimate of drug-likeness (QED) is 0.287. The van der Waals surface area contributed by atoms with Crippen LogP contribution < -0.4 is 5.56 Å². The lowest BCUT2D eigenvalue weighted by atomic mass is 10.2. The van der Waals surface area contributed by atoms with Gasteiger partial charge in [0.2, 0.25) is 0 Å². The summed E-state index contributed by atoms with van der Waals surface area (Å²) in [4.78, 5) is 32.0. The molecule has 29 heavy (non-hydrogen) atoms. The number of aliphatic hydroxyl groups excluding tert-OH is 3. The summed E-state index contributed by atoms with van der Waals surface area (Å²) in [7, 11) is -4.18. The van der Waals surface area contributed by atoms with Gasteiger partial charge in [0.25, 0.3) is 5.56 Å². The summed E-state index contributed by atoms with van der Waals surface area (Å²) in [5.74, 6) is -1.47. The smallest absolute Gasteiger partial charge is 0.356 e. The number of aromatic nitrogens is 4. The van der Waals surface area contributed by atoms with Crippen LogP contribution in [-0.2, 0) is 13.8 Å². The van der Waals surface area contributed by atoms with Crippen molar-refractivity contribution in [1.29, 1.82) is 0 Å². The molecule has 0 spiro atoms. The van der Waals surface area contributed by atoms with Crippen molar-refractivity contribution in [2.45, 2.75) is 57.4 Å². The Balaban J connectivity index is 2.10. The molecular formula is C16H27N4O8P. The van der Waals surface area contributed by atoms with Crippen LogP contribution in [0, 0.1) is 0 Å². The molecule has 0 saturated heterocycles. The number of ether oxygens (including phenoxy) is 1. The van der Waals surface area contributed by atoms with Crippen LogP contribution in [-0.4, -0.2) is 71.0 Å².